The predicted molar refractivity (Wildman–Crippen MR) is 83.3 cm³/mol. The highest BCUT2D eigenvalue weighted by atomic mass is 19.1. The number of hydrogen-bond acceptors (Lipinski definition) is 2. The Balaban J connectivity index is 2.00. The van der Waals surface area contributed by atoms with Crippen LogP contribution in [0.5, 0.6) is 0 Å². The fraction of sp³-hybridized carbons (Fsp3) is 0.647. The topological polar surface area (TPSA) is 29.3 Å². The second-order valence-corrected chi connectivity index (χ2v) is 6.60. The molecule has 20 heavy (non-hydrogen) atoms. The summed E-state index contributed by atoms with van der Waals surface area (Å²) in [5.74, 6) is 1.83. The normalized spacial score (nSPS) is 26.8. The first-order chi connectivity index (χ1) is 9.47. The molecule has 1 aliphatic carbocycles. The van der Waals surface area contributed by atoms with Crippen LogP contribution in [0.2, 0.25) is 0 Å². The highest BCUT2D eigenvalue weighted by molar-refractivity contribution is 5.45. The van der Waals surface area contributed by atoms with Crippen LogP contribution in [0.4, 0.5) is 10.1 Å². The third-order valence-electron chi connectivity index (χ3n) is 4.78. The van der Waals surface area contributed by atoms with Crippen molar-refractivity contribution in [1.29, 1.82) is 0 Å². The Hall–Kier alpha value is -1.09. The van der Waals surface area contributed by atoms with E-state index in [1.807, 2.05) is 13.1 Å². The zero-order valence-electron chi connectivity index (χ0n) is 12.8. The summed E-state index contributed by atoms with van der Waals surface area (Å²) in [6.07, 6.45) is 3.56. The molecule has 0 spiro atoms. The monoisotopic (exact) mass is 278 g/mol. The van der Waals surface area contributed by atoms with Gasteiger partial charge in [0.15, 0.2) is 0 Å². The molecule has 3 heteroatoms. The van der Waals surface area contributed by atoms with Crippen LogP contribution in [0.15, 0.2) is 24.3 Å². The number of hydrogen-bond donors (Lipinski definition) is 1. The summed E-state index contributed by atoms with van der Waals surface area (Å²) in [6.45, 7) is 5.51. The maximum Gasteiger partial charge on any atom is 0.125 e. The van der Waals surface area contributed by atoms with Crippen molar-refractivity contribution in [2.45, 2.75) is 39.2 Å². The van der Waals surface area contributed by atoms with E-state index >= 15 is 0 Å². The zero-order valence-corrected chi connectivity index (χ0v) is 12.8. The van der Waals surface area contributed by atoms with Gasteiger partial charge in [0.05, 0.1) is 0 Å². The molecule has 1 fully saturated rings. The molecule has 0 saturated heterocycles. The molecule has 0 bridgehead atoms. The molecule has 1 saturated carbocycles. The number of anilines is 1. The third-order valence-corrected chi connectivity index (χ3v) is 4.78. The van der Waals surface area contributed by atoms with E-state index in [2.05, 4.69) is 18.7 Å². The van der Waals surface area contributed by atoms with Crippen molar-refractivity contribution in [3.8, 4) is 0 Å². The number of rotatable bonds is 4. The van der Waals surface area contributed by atoms with Gasteiger partial charge < -0.3 is 10.6 Å². The zero-order chi connectivity index (χ0) is 14.7. The molecule has 1 aliphatic rings. The number of nitrogens with two attached hydrogens (primary N) is 1. The molecule has 0 radical (unpaired) electrons. The smallest absolute Gasteiger partial charge is 0.125 e. The average Bonchev–Trinajstić information content (AvgIpc) is 2.41. The summed E-state index contributed by atoms with van der Waals surface area (Å²) in [6, 6.07) is 7.07. The molecule has 3 atom stereocenters. The van der Waals surface area contributed by atoms with Crippen molar-refractivity contribution in [2.24, 2.45) is 23.5 Å². The molecule has 0 aromatic heterocycles. The third kappa shape index (κ3) is 3.72. The molecule has 0 heterocycles. The largest absolute Gasteiger partial charge is 0.374 e. The molecule has 2 nitrogen and oxygen atoms in total. The maximum absolute atomic E-state index is 13.3. The molecule has 0 aliphatic heterocycles. The Morgan fingerprint density at radius 1 is 1.35 bits per heavy atom. The summed E-state index contributed by atoms with van der Waals surface area (Å²) in [5, 5.41) is 0. The lowest BCUT2D eigenvalue weighted by atomic mass is 9.74. The summed E-state index contributed by atoms with van der Waals surface area (Å²) >= 11 is 0. The van der Waals surface area contributed by atoms with Crippen LogP contribution in [0.25, 0.3) is 0 Å². The van der Waals surface area contributed by atoms with E-state index in [4.69, 9.17) is 5.73 Å². The Kier molecular flexibility index (Phi) is 5.03. The Morgan fingerprint density at radius 2 is 2.10 bits per heavy atom. The first-order valence-corrected chi connectivity index (χ1v) is 7.69. The second kappa shape index (κ2) is 6.57. The molecule has 2 N–H and O–H groups in total. The van der Waals surface area contributed by atoms with Crippen molar-refractivity contribution in [3.63, 3.8) is 0 Å². The quantitative estimate of drug-likeness (QED) is 0.910. The van der Waals surface area contributed by atoms with Crippen molar-refractivity contribution < 1.29 is 4.39 Å². The summed E-state index contributed by atoms with van der Waals surface area (Å²) in [7, 11) is 2.03. The summed E-state index contributed by atoms with van der Waals surface area (Å²) in [4.78, 5) is 2.14. The Bertz CT molecular complexity index is 433. The van der Waals surface area contributed by atoms with Crippen molar-refractivity contribution >= 4 is 5.69 Å². The number of halogens is 1. The fourth-order valence-electron chi connectivity index (χ4n) is 3.31. The van der Waals surface area contributed by atoms with Gasteiger partial charge in [-0.15, -0.1) is 0 Å². The second-order valence-electron chi connectivity index (χ2n) is 6.60. The van der Waals surface area contributed by atoms with Gasteiger partial charge in [-0.1, -0.05) is 19.9 Å². The highest BCUT2D eigenvalue weighted by Crippen LogP contribution is 2.34. The lowest BCUT2D eigenvalue weighted by molar-refractivity contribution is 0.193. The lowest BCUT2D eigenvalue weighted by Gasteiger charge is -2.38. The van der Waals surface area contributed by atoms with Gasteiger partial charge in [0.1, 0.15) is 5.82 Å². The van der Waals surface area contributed by atoms with Crippen LogP contribution < -0.4 is 10.6 Å². The van der Waals surface area contributed by atoms with Gasteiger partial charge in [-0.05, 0) is 55.2 Å². The van der Waals surface area contributed by atoms with Crippen LogP contribution >= 0.6 is 0 Å². The molecule has 3 unspecified atom stereocenters. The van der Waals surface area contributed by atoms with Gasteiger partial charge in [0.2, 0.25) is 0 Å². The highest BCUT2D eigenvalue weighted by Gasteiger charge is 2.30. The summed E-state index contributed by atoms with van der Waals surface area (Å²) in [5.41, 5.74) is 7.23. The van der Waals surface area contributed by atoms with E-state index in [0.717, 1.165) is 30.5 Å². The van der Waals surface area contributed by atoms with Crippen LogP contribution in [0.1, 0.15) is 33.1 Å². The van der Waals surface area contributed by atoms with Gasteiger partial charge in [-0.3, -0.25) is 0 Å². The van der Waals surface area contributed by atoms with E-state index < -0.39 is 0 Å². The molecule has 1 aromatic rings. The van der Waals surface area contributed by atoms with Gasteiger partial charge in [-0.25, -0.2) is 4.39 Å². The van der Waals surface area contributed by atoms with Crippen LogP contribution in [0, 0.1) is 23.6 Å². The van der Waals surface area contributed by atoms with E-state index in [1.54, 1.807) is 12.1 Å². The van der Waals surface area contributed by atoms with E-state index in [1.165, 1.54) is 18.9 Å². The van der Waals surface area contributed by atoms with Gasteiger partial charge in [-0.2, -0.15) is 0 Å². The van der Waals surface area contributed by atoms with Crippen molar-refractivity contribution in [2.75, 3.05) is 18.5 Å². The SMILES string of the molecule is CC(C)C1CCC(N)C(CN(C)c2cccc(F)c2)C1. The van der Waals surface area contributed by atoms with Crippen molar-refractivity contribution in [1.82, 2.24) is 0 Å². The average molecular weight is 278 g/mol. The minimum absolute atomic E-state index is 0.178. The number of nitrogens with zero attached hydrogens (tertiary/aromatic N) is 1. The fourth-order valence-corrected chi connectivity index (χ4v) is 3.31. The van der Waals surface area contributed by atoms with E-state index in [9.17, 15) is 4.39 Å². The first-order valence-electron chi connectivity index (χ1n) is 7.69. The summed E-state index contributed by atoms with van der Waals surface area (Å²) < 4.78 is 13.3. The maximum atomic E-state index is 13.3. The van der Waals surface area contributed by atoms with Crippen molar-refractivity contribution in [3.05, 3.63) is 30.1 Å². The Morgan fingerprint density at radius 3 is 2.75 bits per heavy atom. The van der Waals surface area contributed by atoms with E-state index in [0.29, 0.717) is 5.92 Å². The molecular weight excluding hydrogens is 251 g/mol. The first kappa shape index (κ1) is 15.3. The predicted octanol–water partition coefficient (Wildman–Crippen LogP) is 3.66. The Labute approximate surface area is 122 Å². The number of benzene rings is 1. The van der Waals surface area contributed by atoms with Crippen LogP contribution in [-0.2, 0) is 0 Å². The van der Waals surface area contributed by atoms with Crippen LogP contribution in [-0.4, -0.2) is 19.6 Å². The van der Waals surface area contributed by atoms with Gasteiger partial charge in [0.25, 0.3) is 0 Å². The van der Waals surface area contributed by atoms with E-state index in [-0.39, 0.29) is 11.9 Å². The van der Waals surface area contributed by atoms with Gasteiger partial charge >= 0.3 is 0 Å². The minimum atomic E-state index is -0.178. The van der Waals surface area contributed by atoms with Gasteiger partial charge in [0, 0.05) is 25.3 Å². The standard InChI is InChI=1S/C17H27FN2/c1-12(2)13-7-8-17(19)14(9-13)11-20(3)16-6-4-5-15(18)10-16/h4-6,10,12-14,17H,7-9,11,19H2,1-3H3. The lowest BCUT2D eigenvalue weighted by Crippen LogP contribution is -2.43. The molecule has 112 valence electrons. The van der Waals surface area contributed by atoms with Crippen LogP contribution in [0.3, 0.4) is 0 Å². The molecule has 2 rings (SSSR count). The minimum Gasteiger partial charge on any atom is -0.374 e. The molecular formula is C17H27FN2. The molecule has 0 amide bonds. The molecule has 1 aromatic carbocycles.